The zero-order valence-corrected chi connectivity index (χ0v) is 10.2. The molecule has 2 aromatic rings. The Balaban J connectivity index is 2.19. The number of rotatable bonds is 1. The molecule has 5 nitrogen and oxygen atoms in total. The van der Waals surface area contributed by atoms with E-state index in [2.05, 4.69) is 15.1 Å². The molecule has 1 saturated heterocycles. The van der Waals surface area contributed by atoms with E-state index in [4.69, 9.17) is 0 Å². The van der Waals surface area contributed by atoms with E-state index in [1.165, 1.54) is 6.33 Å². The van der Waals surface area contributed by atoms with Crippen molar-refractivity contribution in [2.45, 2.75) is 17.9 Å². The number of nitrogens with zero attached hydrogens (tertiary/aromatic N) is 4. The van der Waals surface area contributed by atoms with E-state index in [9.17, 15) is 5.11 Å². The molecule has 2 atom stereocenters. The summed E-state index contributed by atoms with van der Waals surface area (Å²) in [5.74, 6) is 0.716. The van der Waals surface area contributed by atoms with Crippen LogP contribution in [0.4, 0.5) is 0 Å². The highest BCUT2D eigenvalue weighted by Gasteiger charge is 2.43. The van der Waals surface area contributed by atoms with Crippen molar-refractivity contribution in [1.82, 2.24) is 19.7 Å². The number of aliphatic hydroxyl groups is 1. The number of aromatic nitrogens is 4. The Bertz CT molecular complexity index is 531. The highest BCUT2D eigenvalue weighted by molar-refractivity contribution is 8.77. The third kappa shape index (κ3) is 1.35. The van der Waals surface area contributed by atoms with Gasteiger partial charge in [-0.25, -0.2) is 14.6 Å². The Labute approximate surface area is 100 Å². The third-order valence-corrected chi connectivity index (χ3v) is 5.85. The average molecular weight is 254 g/mol. The van der Waals surface area contributed by atoms with Crippen molar-refractivity contribution in [1.29, 1.82) is 0 Å². The van der Waals surface area contributed by atoms with E-state index >= 15 is 0 Å². The van der Waals surface area contributed by atoms with E-state index in [1.54, 1.807) is 38.7 Å². The highest BCUT2D eigenvalue weighted by Crippen LogP contribution is 2.50. The van der Waals surface area contributed by atoms with Crippen LogP contribution in [0, 0.1) is 0 Å². The SMILES string of the molecule is CC1(n2ncc3cncnc32)SSCC1O. The second-order valence-corrected chi connectivity index (χ2v) is 6.57. The van der Waals surface area contributed by atoms with Crippen LogP contribution in [0.3, 0.4) is 0 Å². The van der Waals surface area contributed by atoms with Crippen LogP contribution in [0.1, 0.15) is 6.92 Å². The minimum absolute atomic E-state index is 0.416. The Kier molecular flexibility index (Phi) is 2.34. The lowest BCUT2D eigenvalue weighted by Crippen LogP contribution is -2.37. The fourth-order valence-corrected chi connectivity index (χ4v) is 4.82. The Morgan fingerprint density at radius 2 is 2.44 bits per heavy atom. The zero-order chi connectivity index (χ0) is 11.2. The van der Waals surface area contributed by atoms with Crippen LogP contribution in [-0.2, 0) is 4.87 Å². The summed E-state index contributed by atoms with van der Waals surface area (Å²) in [6, 6.07) is 0. The minimum atomic E-state index is -0.444. The molecule has 84 valence electrons. The molecule has 0 saturated carbocycles. The Morgan fingerprint density at radius 3 is 3.19 bits per heavy atom. The van der Waals surface area contributed by atoms with Crippen LogP contribution < -0.4 is 0 Å². The number of fused-ring (bicyclic) bond motifs is 1. The molecule has 3 rings (SSSR count). The first-order valence-electron chi connectivity index (χ1n) is 4.85. The van der Waals surface area contributed by atoms with E-state index in [0.717, 1.165) is 11.0 Å². The van der Waals surface area contributed by atoms with Gasteiger partial charge in [-0.1, -0.05) is 21.6 Å². The fraction of sp³-hybridized carbons (Fsp3) is 0.444. The van der Waals surface area contributed by atoms with Crippen LogP contribution in [0.5, 0.6) is 0 Å². The molecule has 0 aromatic carbocycles. The van der Waals surface area contributed by atoms with Crippen molar-refractivity contribution < 1.29 is 5.11 Å². The standard InChI is InChI=1S/C9H10N4OS2/c1-9(7(14)4-15-16-9)13-8-6(3-12-13)2-10-5-11-8/h2-3,5,7,14H,4H2,1H3. The maximum absolute atomic E-state index is 10.0. The lowest BCUT2D eigenvalue weighted by Gasteiger charge is -2.26. The van der Waals surface area contributed by atoms with Gasteiger partial charge in [0.2, 0.25) is 0 Å². The van der Waals surface area contributed by atoms with E-state index in [0.29, 0.717) is 5.75 Å². The van der Waals surface area contributed by atoms with Gasteiger partial charge in [-0.3, -0.25) is 0 Å². The van der Waals surface area contributed by atoms with E-state index in [1.807, 2.05) is 6.92 Å². The molecule has 0 spiro atoms. The van der Waals surface area contributed by atoms with Crippen molar-refractivity contribution in [3.05, 3.63) is 18.7 Å². The van der Waals surface area contributed by atoms with Crippen molar-refractivity contribution in [3.8, 4) is 0 Å². The molecule has 0 bridgehead atoms. The van der Waals surface area contributed by atoms with Crippen molar-refractivity contribution >= 4 is 32.6 Å². The second kappa shape index (κ2) is 3.61. The zero-order valence-electron chi connectivity index (χ0n) is 8.57. The molecule has 1 fully saturated rings. The summed E-state index contributed by atoms with van der Waals surface area (Å²) in [6.45, 7) is 1.98. The summed E-state index contributed by atoms with van der Waals surface area (Å²) < 4.78 is 1.79. The second-order valence-electron chi connectivity index (χ2n) is 3.80. The molecule has 3 heterocycles. The molecule has 1 aliphatic rings. The highest BCUT2D eigenvalue weighted by atomic mass is 33.1. The lowest BCUT2D eigenvalue weighted by atomic mass is 10.2. The number of hydrogen-bond donors (Lipinski definition) is 1. The molecule has 1 aliphatic heterocycles. The quantitative estimate of drug-likeness (QED) is 0.773. The van der Waals surface area contributed by atoms with E-state index < -0.39 is 11.0 Å². The smallest absolute Gasteiger partial charge is 0.162 e. The first-order chi connectivity index (χ1) is 7.72. The maximum atomic E-state index is 10.0. The van der Waals surface area contributed by atoms with Gasteiger partial charge in [0, 0.05) is 11.9 Å². The molecule has 0 amide bonds. The molecule has 7 heteroatoms. The minimum Gasteiger partial charge on any atom is -0.389 e. The van der Waals surface area contributed by atoms with Crippen molar-refractivity contribution in [3.63, 3.8) is 0 Å². The van der Waals surface area contributed by atoms with Gasteiger partial charge in [0.25, 0.3) is 0 Å². The normalized spacial score (nSPS) is 30.0. The topological polar surface area (TPSA) is 63.8 Å². The summed E-state index contributed by atoms with van der Waals surface area (Å²) in [5, 5.41) is 15.2. The van der Waals surface area contributed by atoms with Crippen LogP contribution in [-0.4, -0.2) is 36.7 Å². The van der Waals surface area contributed by atoms with Crippen LogP contribution in [0.15, 0.2) is 18.7 Å². The Morgan fingerprint density at radius 1 is 1.56 bits per heavy atom. The third-order valence-electron chi connectivity index (χ3n) is 2.72. The Hall–Kier alpha value is -0.790. The van der Waals surface area contributed by atoms with Gasteiger partial charge in [0.1, 0.15) is 11.2 Å². The van der Waals surface area contributed by atoms with Crippen molar-refractivity contribution in [2.75, 3.05) is 5.75 Å². The van der Waals surface area contributed by atoms with Gasteiger partial charge in [-0.05, 0) is 6.92 Å². The molecule has 1 N–H and O–H groups in total. The first-order valence-corrected chi connectivity index (χ1v) is 7.16. The monoisotopic (exact) mass is 254 g/mol. The van der Waals surface area contributed by atoms with Crippen LogP contribution >= 0.6 is 21.6 Å². The van der Waals surface area contributed by atoms with Gasteiger partial charge in [0.15, 0.2) is 5.65 Å². The van der Waals surface area contributed by atoms with Crippen molar-refractivity contribution in [2.24, 2.45) is 0 Å². The summed E-state index contributed by atoms with van der Waals surface area (Å²) in [4.78, 5) is 7.73. The summed E-state index contributed by atoms with van der Waals surface area (Å²) in [7, 11) is 3.29. The average Bonchev–Trinajstić information content (AvgIpc) is 2.85. The maximum Gasteiger partial charge on any atom is 0.162 e. The molecular weight excluding hydrogens is 244 g/mol. The molecule has 2 unspecified atom stereocenters. The molecule has 0 radical (unpaired) electrons. The predicted molar refractivity (Wildman–Crippen MR) is 65.0 cm³/mol. The van der Waals surface area contributed by atoms with E-state index in [-0.39, 0.29) is 0 Å². The number of hydrogen-bond acceptors (Lipinski definition) is 6. The van der Waals surface area contributed by atoms with Gasteiger partial charge in [-0.15, -0.1) is 0 Å². The first kappa shape index (κ1) is 10.4. The fourth-order valence-electron chi connectivity index (χ4n) is 1.71. The molecule has 16 heavy (non-hydrogen) atoms. The molecule has 2 aromatic heterocycles. The summed E-state index contributed by atoms with van der Waals surface area (Å²) >= 11 is 0. The summed E-state index contributed by atoms with van der Waals surface area (Å²) in [6.07, 6.45) is 4.55. The largest absolute Gasteiger partial charge is 0.389 e. The summed E-state index contributed by atoms with van der Waals surface area (Å²) in [5.41, 5.74) is 0.770. The predicted octanol–water partition coefficient (Wildman–Crippen LogP) is 1.25. The van der Waals surface area contributed by atoms with Gasteiger partial charge < -0.3 is 5.11 Å². The molecular formula is C9H10N4OS2. The van der Waals surface area contributed by atoms with Crippen LogP contribution in [0.25, 0.3) is 11.0 Å². The van der Waals surface area contributed by atoms with Crippen LogP contribution in [0.2, 0.25) is 0 Å². The van der Waals surface area contributed by atoms with Gasteiger partial charge in [0.05, 0.1) is 17.7 Å². The number of aliphatic hydroxyl groups excluding tert-OH is 1. The lowest BCUT2D eigenvalue weighted by molar-refractivity contribution is 0.122. The van der Waals surface area contributed by atoms with Gasteiger partial charge in [-0.2, -0.15) is 5.10 Å². The van der Waals surface area contributed by atoms with Gasteiger partial charge >= 0.3 is 0 Å². The molecule has 0 aliphatic carbocycles.